The first-order valence-electron chi connectivity index (χ1n) is 9.94. The summed E-state index contributed by atoms with van der Waals surface area (Å²) < 4.78 is 38.2. The molecule has 1 N–H and O–H groups in total. The molecule has 162 valence electrons. The molecule has 0 aliphatic carbocycles. The van der Waals surface area contributed by atoms with E-state index in [1.165, 1.54) is 12.1 Å². The number of carbonyl (C=O) groups excluding carboxylic acids is 1. The highest BCUT2D eigenvalue weighted by atomic mass is 32.2. The summed E-state index contributed by atoms with van der Waals surface area (Å²) in [5.41, 5.74) is 2.61. The van der Waals surface area contributed by atoms with Crippen molar-refractivity contribution in [2.45, 2.75) is 44.2 Å². The molecule has 0 saturated carbocycles. The van der Waals surface area contributed by atoms with Crippen LogP contribution in [-0.4, -0.2) is 46.0 Å². The molecule has 0 fully saturated rings. The fourth-order valence-electron chi connectivity index (χ4n) is 3.43. The Bertz CT molecular complexity index is 1020. The van der Waals surface area contributed by atoms with Crippen molar-refractivity contribution in [2.24, 2.45) is 0 Å². The quantitative estimate of drug-likeness (QED) is 0.727. The summed E-state index contributed by atoms with van der Waals surface area (Å²) in [5.74, 6) is 1.18. The SMILES string of the molecule is CCC(C)NS(=O)(=O)c1ccc(C(=O)N2CCc3cc(OC)c(OC)cc3C2)cc1. The number of rotatable bonds is 7. The van der Waals surface area contributed by atoms with Crippen molar-refractivity contribution < 1.29 is 22.7 Å². The smallest absolute Gasteiger partial charge is 0.254 e. The van der Waals surface area contributed by atoms with Gasteiger partial charge in [-0.1, -0.05) is 6.92 Å². The first-order valence-corrected chi connectivity index (χ1v) is 11.4. The van der Waals surface area contributed by atoms with Crippen LogP contribution in [-0.2, 0) is 23.0 Å². The van der Waals surface area contributed by atoms with E-state index in [1.54, 1.807) is 31.3 Å². The maximum atomic E-state index is 13.0. The largest absolute Gasteiger partial charge is 0.493 e. The molecule has 1 aliphatic heterocycles. The number of ether oxygens (including phenoxy) is 2. The van der Waals surface area contributed by atoms with Gasteiger partial charge >= 0.3 is 0 Å². The number of hydrogen-bond acceptors (Lipinski definition) is 5. The molecule has 7 nitrogen and oxygen atoms in total. The molecule has 1 aliphatic rings. The van der Waals surface area contributed by atoms with Gasteiger partial charge in [-0.3, -0.25) is 4.79 Å². The number of fused-ring (bicyclic) bond motifs is 1. The minimum Gasteiger partial charge on any atom is -0.493 e. The van der Waals surface area contributed by atoms with Crippen LogP contribution < -0.4 is 14.2 Å². The molecular formula is C22H28N2O5S. The molecule has 0 aromatic heterocycles. The normalized spacial score (nSPS) is 14.7. The lowest BCUT2D eigenvalue weighted by Crippen LogP contribution is -2.36. The van der Waals surface area contributed by atoms with E-state index >= 15 is 0 Å². The zero-order valence-corrected chi connectivity index (χ0v) is 18.6. The molecule has 1 amide bonds. The van der Waals surface area contributed by atoms with Crippen molar-refractivity contribution in [3.05, 3.63) is 53.1 Å². The highest BCUT2D eigenvalue weighted by molar-refractivity contribution is 7.89. The third-order valence-electron chi connectivity index (χ3n) is 5.39. The number of benzene rings is 2. The summed E-state index contributed by atoms with van der Waals surface area (Å²) in [6.07, 6.45) is 1.41. The van der Waals surface area contributed by atoms with Gasteiger partial charge in [0.15, 0.2) is 11.5 Å². The van der Waals surface area contributed by atoms with Gasteiger partial charge in [-0.05, 0) is 67.3 Å². The van der Waals surface area contributed by atoms with Gasteiger partial charge in [-0.25, -0.2) is 13.1 Å². The van der Waals surface area contributed by atoms with Gasteiger partial charge in [0.05, 0.1) is 19.1 Å². The monoisotopic (exact) mass is 432 g/mol. The zero-order valence-electron chi connectivity index (χ0n) is 17.8. The Hall–Kier alpha value is -2.58. The van der Waals surface area contributed by atoms with Gasteiger partial charge < -0.3 is 14.4 Å². The number of sulfonamides is 1. The molecule has 3 rings (SSSR count). The Kier molecular flexibility index (Phi) is 6.67. The maximum absolute atomic E-state index is 13.0. The Balaban J connectivity index is 1.76. The minimum absolute atomic E-state index is 0.130. The van der Waals surface area contributed by atoms with Gasteiger partial charge in [-0.2, -0.15) is 0 Å². The van der Waals surface area contributed by atoms with Gasteiger partial charge in [0.1, 0.15) is 0 Å². The molecule has 1 heterocycles. The summed E-state index contributed by atoms with van der Waals surface area (Å²) in [6, 6.07) is 9.80. The van der Waals surface area contributed by atoms with Crippen LogP contribution in [0.25, 0.3) is 0 Å². The molecule has 2 aromatic rings. The van der Waals surface area contributed by atoms with Gasteiger partial charge in [-0.15, -0.1) is 0 Å². The van der Waals surface area contributed by atoms with Gasteiger partial charge in [0, 0.05) is 24.7 Å². The summed E-state index contributed by atoms with van der Waals surface area (Å²) in [7, 11) is -0.407. The highest BCUT2D eigenvalue weighted by Gasteiger charge is 2.24. The second kappa shape index (κ2) is 9.06. The topological polar surface area (TPSA) is 84.9 Å². The molecule has 2 aromatic carbocycles. The summed E-state index contributed by atoms with van der Waals surface area (Å²) in [5, 5.41) is 0. The van der Waals surface area contributed by atoms with E-state index in [0.717, 1.165) is 11.1 Å². The van der Waals surface area contributed by atoms with Crippen LogP contribution in [0.15, 0.2) is 41.3 Å². The molecule has 0 bridgehead atoms. The average molecular weight is 433 g/mol. The third-order valence-corrected chi connectivity index (χ3v) is 6.99. The van der Waals surface area contributed by atoms with E-state index in [0.29, 0.717) is 43.0 Å². The lowest BCUT2D eigenvalue weighted by molar-refractivity contribution is 0.0734. The fraction of sp³-hybridized carbons (Fsp3) is 0.409. The van der Waals surface area contributed by atoms with Crippen LogP contribution in [0.1, 0.15) is 41.8 Å². The first-order chi connectivity index (χ1) is 14.3. The van der Waals surface area contributed by atoms with E-state index in [2.05, 4.69) is 4.72 Å². The van der Waals surface area contributed by atoms with Gasteiger partial charge in [0.2, 0.25) is 10.0 Å². The lowest BCUT2D eigenvalue weighted by atomic mass is 9.98. The van der Waals surface area contributed by atoms with Crippen LogP contribution in [0.2, 0.25) is 0 Å². The van der Waals surface area contributed by atoms with Crippen molar-refractivity contribution in [3.63, 3.8) is 0 Å². The van der Waals surface area contributed by atoms with E-state index in [-0.39, 0.29) is 16.8 Å². The zero-order chi connectivity index (χ0) is 21.9. The first kappa shape index (κ1) is 22.1. The molecule has 0 spiro atoms. The second-order valence-electron chi connectivity index (χ2n) is 7.41. The Morgan fingerprint density at radius 2 is 1.70 bits per heavy atom. The molecule has 1 atom stereocenters. The molecule has 30 heavy (non-hydrogen) atoms. The number of amides is 1. The van der Waals surface area contributed by atoms with Crippen LogP contribution in [0.4, 0.5) is 0 Å². The summed E-state index contributed by atoms with van der Waals surface area (Å²) >= 11 is 0. The standard InChI is InChI=1S/C22H28N2O5S/c1-5-15(2)23-30(26,27)19-8-6-16(7-9-19)22(25)24-11-10-17-12-20(28-3)21(29-4)13-18(17)14-24/h6-9,12-13,15,23H,5,10-11,14H2,1-4H3. The molecule has 0 radical (unpaired) electrons. The second-order valence-corrected chi connectivity index (χ2v) is 9.12. The predicted octanol–water partition coefficient (Wildman–Crippen LogP) is 2.98. The molecule has 1 unspecified atom stereocenters. The van der Waals surface area contributed by atoms with Crippen LogP contribution >= 0.6 is 0 Å². The Morgan fingerprint density at radius 3 is 2.27 bits per heavy atom. The van der Waals surface area contributed by atoms with E-state index in [1.807, 2.05) is 26.0 Å². The number of nitrogens with one attached hydrogen (secondary N) is 1. The van der Waals surface area contributed by atoms with Crippen molar-refractivity contribution >= 4 is 15.9 Å². The molecular weight excluding hydrogens is 404 g/mol. The van der Waals surface area contributed by atoms with Crippen molar-refractivity contribution in [1.82, 2.24) is 9.62 Å². The lowest BCUT2D eigenvalue weighted by Gasteiger charge is -2.29. The minimum atomic E-state index is -3.59. The third kappa shape index (κ3) is 4.60. The Labute approximate surface area is 178 Å². The van der Waals surface area contributed by atoms with Crippen molar-refractivity contribution in [1.29, 1.82) is 0 Å². The van der Waals surface area contributed by atoms with Crippen molar-refractivity contribution in [2.75, 3.05) is 20.8 Å². The number of methoxy groups -OCH3 is 2. The summed E-state index contributed by atoms with van der Waals surface area (Å²) in [6.45, 7) is 4.77. The number of nitrogens with zero attached hydrogens (tertiary/aromatic N) is 1. The van der Waals surface area contributed by atoms with Crippen molar-refractivity contribution in [3.8, 4) is 11.5 Å². The van der Waals surface area contributed by atoms with Crippen LogP contribution in [0.5, 0.6) is 11.5 Å². The molecule has 0 saturated heterocycles. The predicted molar refractivity (Wildman–Crippen MR) is 115 cm³/mol. The van der Waals surface area contributed by atoms with E-state index < -0.39 is 10.0 Å². The molecule has 8 heteroatoms. The van der Waals surface area contributed by atoms with Gasteiger partial charge in [0.25, 0.3) is 5.91 Å². The number of hydrogen-bond donors (Lipinski definition) is 1. The highest BCUT2D eigenvalue weighted by Crippen LogP contribution is 2.33. The average Bonchev–Trinajstić information content (AvgIpc) is 2.76. The van der Waals surface area contributed by atoms with E-state index in [9.17, 15) is 13.2 Å². The van der Waals surface area contributed by atoms with E-state index in [4.69, 9.17) is 9.47 Å². The Morgan fingerprint density at radius 1 is 1.10 bits per heavy atom. The van der Waals surface area contributed by atoms with Crippen LogP contribution in [0.3, 0.4) is 0 Å². The maximum Gasteiger partial charge on any atom is 0.254 e. The summed E-state index contributed by atoms with van der Waals surface area (Å²) in [4.78, 5) is 14.9. The fourth-order valence-corrected chi connectivity index (χ4v) is 4.76. The van der Waals surface area contributed by atoms with Crippen LogP contribution in [0, 0.1) is 0 Å². The number of carbonyl (C=O) groups is 1.